The lowest BCUT2D eigenvalue weighted by Crippen LogP contribution is -2.55. The summed E-state index contributed by atoms with van der Waals surface area (Å²) in [4.78, 5) is 29.4. The fourth-order valence-corrected chi connectivity index (χ4v) is 7.16. The number of hydrogen-bond acceptors (Lipinski definition) is 6. The summed E-state index contributed by atoms with van der Waals surface area (Å²) in [5, 5.41) is 1.21. The van der Waals surface area contributed by atoms with Gasteiger partial charge in [0.15, 0.2) is 0 Å². The van der Waals surface area contributed by atoms with Crippen LogP contribution in [-0.2, 0) is 10.3 Å². The van der Waals surface area contributed by atoms with Gasteiger partial charge in [0, 0.05) is 50.5 Å². The SMILES string of the molecule is C[C@H]1CN(C(=O)OC(C)(C)C)CCN1c1ncnc2c1c(N1CCCC1)cn2C12CCC(CC1)CC2. The van der Waals surface area contributed by atoms with E-state index in [0.29, 0.717) is 13.1 Å². The van der Waals surface area contributed by atoms with Crippen LogP contribution in [-0.4, -0.2) is 69.9 Å². The molecule has 2 aromatic rings. The molecular formula is C28H42N6O2. The first kappa shape index (κ1) is 23.9. The molecule has 2 aliphatic heterocycles. The van der Waals surface area contributed by atoms with Gasteiger partial charge >= 0.3 is 6.09 Å². The van der Waals surface area contributed by atoms with Crippen molar-refractivity contribution in [3.63, 3.8) is 0 Å². The van der Waals surface area contributed by atoms with Crippen molar-refractivity contribution in [2.24, 2.45) is 5.92 Å². The predicted molar refractivity (Wildman–Crippen MR) is 143 cm³/mol. The third-order valence-electron chi connectivity index (χ3n) is 9.11. The maximum atomic E-state index is 12.7. The van der Waals surface area contributed by atoms with Crippen molar-refractivity contribution in [2.45, 2.75) is 96.2 Å². The number of carbonyl (C=O) groups excluding carboxylic acids is 1. The smallest absolute Gasteiger partial charge is 0.410 e. The van der Waals surface area contributed by atoms with Gasteiger partial charge in [0.05, 0.1) is 11.1 Å². The highest BCUT2D eigenvalue weighted by atomic mass is 16.6. The summed E-state index contributed by atoms with van der Waals surface area (Å²) >= 11 is 0. The molecule has 3 aliphatic carbocycles. The fraction of sp³-hybridized carbons (Fsp3) is 0.750. The Labute approximate surface area is 215 Å². The predicted octanol–water partition coefficient (Wildman–Crippen LogP) is 5.16. The van der Waals surface area contributed by atoms with Gasteiger partial charge in [-0.2, -0.15) is 0 Å². The van der Waals surface area contributed by atoms with E-state index in [1.54, 1.807) is 6.33 Å². The zero-order valence-electron chi connectivity index (χ0n) is 22.5. The van der Waals surface area contributed by atoms with E-state index in [4.69, 9.17) is 14.7 Å². The molecule has 8 nitrogen and oxygen atoms in total. The second kappa shape index (κ2) is 8.80. The number of rotatable bonds is 3. The molecule has 36 heavy (non-hydrogen) atoms. The van der Waals surface area contributed by atoms with Gasteiger partial charge in [-0.3, -0.25) is 0 Å². The number of hydrogen-bond donors (Lipinski definition) is 0. The lowest BCUT2D eigenvalue weighted by Gasteiger charge is -2.47. The van der Waals surface area contributed by atoms with Crippen molar-refractivity contribution < 1.29 is 9.53 Å². The third-order valence-corrected chi connectivity index (χ3v) is 9.11. The molecule has 2 bridgehead atoms. The van der Waals surface area contributed by atoms with Crippen molar-refractivity contribution in [3.05, 3.63) is 12.5 Å². The molecule has 2 saturated heterocycles. The summed E-state index contributed by atoms with van der Waals surface area (Å²) in [6.07, 6.45) is 14.3. The van der Waals surface area contributed by atoms with Crippen molar-refractivity contribution in [3.8, 4) is 0 Å². The topological polar surface area (TPSA) is 66.7 Å². The molecule has 0 unspecified atom stereocenters. The molecule has 5 aliphatic rings. The first-order chi connectivity index (χ1) is 17.2. The Balaban J connectivity index is 1.37. The minimum Gasteiger partial charge on any atom is -0.444 e. The van der Waals surface area contributed by atoms with Crippen LogP contribution in [0.25, 0.3) is 11.0 Å². The molecule has 1 amide bonds. The summed E-state index contributed by atoms with van der Waals surface area (Å²) in [6.45, 7) is 12.2. The van der Waals surface area contributed by atoms with E-state index in [1.165, 1.54) is 62.4 Å². The van der Waals surface area contributed by atoms with Gasteiger partial charge in [-0.15, -0.1) is 0 Å². The number of nitrogens with zero attached hydrogens (tertiary/aromatic N) is 6. The van der Waals surface area contributed by atoms with Gasteiger partial charge in [0.1, 0.15) is 23.4 Å². The van der Waals surface area contributed by atoms with Crippen LogP contribution >= 0.6 is 0 Å². The van der Waals surface area contributed by atoms with E-state index >= 15 is 0 Å². The summed E-state index contributed by atoms with van der Waals surface area (Å²) in [5.41, 5.74) is 2.13. The van der Waals surface area contributed by atoms with Gasteiger partial charge in [-0.05, 0) is 85.0 Å². The van der Waals surface area contributed by atoms with Crippen LogP contribution in [0.2, 0.25) is 0 Å². The Morgan fingerprint density at radius 2 is 1.72 bits per heavy atom. The van der Waals surface area contributed by atoms with E-state index in [9.17, 15) is 4.79 Å². The number of ether oxygens (including phenoxy) is 1. The Hall–Kier alpha value is -2.51. The molecule has 2 aromatic heterocycles. The van der Waals surface area contributed by atoms with Gasteiger partial charge in [-0.1, -0.05) is 0 Å². The van der Waals surface area contributed by atoms with E-state index in [1.807, 2.05) is 25.7 Å². The Morgan fingerprint density at radius 3 is 2.36 bits per heavy atom. The maximum absolute atomic E-state index is 12.7. The minimum absolute atomic E-state index is 0.141. The highest BCUT2D eigenvalue weighted by Crippen LogP contribution is 2.51. The quantitative estimate of drug-likeness (QED) is 0.587. The standard InChI is InChI=1S/C28H42N6O2/c1-20-17-32(26(35)36-27(2,3)4)15-16-33(20)24-23-22(31-13-5-6-14-31)18-34(25(23)30-19-29-24)28-10-7-21(8-11-28)9-12-28/h18-21H,5-17H2,1-4H3/t20-,21?,28?/m0/s1. The van der Waals surface area contributed by atoms with E-state index in [0.717, 1.165) is 37.0 Å². The van der Waals surface area contributed by atoms with Gasteiger partial charge in [0.2, 0.25) is 0 Å². The average Bonchev–Trinajstić information content (AvgIpc) is 3.52. The van der Waals surface area contributed by atoms with Gasteiger partial charge < -0.3 is 24.0 Å². The Bertz CT molecular complexity index is 1110. The van der Waals surface area contributed by atoms with Crippen LogP contribution in [0.15, 0.2) is 12.5 Å². The second-order valence-corrected chi connectivity index (χ2v) is 12.6. The molecule has 1 atom stereocenters. The lowest BCUT2D eigenvalue weighted by molar-refractivity contribution is 0.0218. The third kappa shape index (κ3) is 4.10. The molecule has 0 aromatic carbocycles. The number of anilines is 2. The van der Waals surface area contributed by atoms with E-state index in [-0.39, 0.29) is 17.7 Å². The van der Waals surface area contributed by atoms with E-state index < -0.39 is 5.60 Å². The lowest BCUT2D eigenvalue weighted by atomic mass is 9.65. The van der Waals surface area contributed by atoms with Crippen molar-refractivity contribution in [2.75, 3.05) is 42.5 Å². The fourth-order valence-electron chi connectivity index (χ4n) is 7.16. The highest BCUT2D eigenvalue weighted by molar-refractivity contribution is 6.00. The highest BCUT2D eigenvalue weighted by Gasteiger charge is 2.43. The first-order valence-electron chi connectivity index (χ1n) is 14.1. The zero-order chi connectivity index (χ0) is 25.1. The monoisotopic (exact) mass is 494 g/mol. The first-order valence-corrected chi connectivity index (χ1v) is 14.1. The van der Waals surface area contributed by atoms with Crippen LogP contribution in [0.3, 0.4) is 0 Å². The molecule has 0 spiro atoms. The molecule has 196 valence electrons. The Morgan fingerprint density at radius 1 is 1.03 bits per heavy atom. The van der Waals surface area contributed by atoms with Crippen molar-refractivity contribution in [1.29, 1.82) is 0 Å². The van der Waals surface area contributed by atoms with E-state index in [2.05, 4.69) is 27.5 Å². The van der Waals surface area contributed by atoms with Crippen LogP contribution in [0.4, 0.5) is 16.3 Å². The number of amides is 1. The van der Waals surface area contributed by atoms with Gasteiger partial charge in [-0.25, -0.2) is 14.8 Å². The summed E-state index contributed by atoms with van der Waals surface area (Å²) < 4.78 is 8.22. The normalized spacial score (nSPS) is 28.8. The number of fused-ring (bicyclic) bond motifs is 4. The minimum atomic E-state index is -0.485. The zero-order valence-corrected chi connectivity index (χ0v) is 22.5. The van der Waals surface area contributed by atoms with Crippen LogP contribution in [0.5, 0.6) is 0 Å². The van der Waals surface area contributed by atoms with Crippen LogP contribution in [0, 0.1) is 5.92 Å². The number of piperazine rings is 1. The summed E-state index contributed by atoms with van der Waals surface area (Å²) in [5.74, 6) is 1.96. The molecule has 3 saturated carbocycles. The molecule has 4 heterocycles. The summed E-state index contributed by atoms with van der Waals surface area (Å²) in [7, 11) is 0. The van der Waals surface area contributed by atoms with Crippen molar-refractivity contribution in [1.82, 2.24) is 19.4 Å². The van der Waals surface area contributed by atoms with Crippen molar-refractivity contribution >= 4 is 28.6 Å². The van der Waals surface area contributed by atoms with Crippen LogP contribution < -0.4 is 9.80 Å². The molecule has 0 radical (unpaired) electrons. The number of aromatic nitrogens is 3. The largest absolute Gasteiger partial charge is 0.444 e. The molecule has 8 heteroatoms. The molecular weight excluding hydrogens is 452 g/mol. The maximum Gasteiger partial charge on any atom is 0.410 e. The van der Waals surface area contributed by atoms with Gasteiger partial charge in [0.25, 0.3) is 0 Å². The molecule has 5 fully saturated rings. The Kier molecular flexibility index (Phi) is 5.84. The average molecular weight is 495 g/mol. The number of carbonyl (C=O) groups is 1. The van der Waals surface area contributed by atoms with Crippen LogP contribution in [0.1, 0.15) is 79.1 Å². The molecule has 7 rings (SSSR count). The summed E-state index contributed by atoms with van der Waals surface area (Å²) in [6, 6.07) is 0.141. The second-order valence-electron chi connectivity index (χ2n) is 12.6. The molecule has 0 N–H and O–H groups in total.